The molecule has 2 atom stereocenters. The minimum absolute atomic E-state index is 0.0416. The Bertz CT molecular complexity index is 1800. The van der Waals surface area contributed by atoms with E-state index in [1.54, 1.807) is 30.5 Å². The average molecular weight is 733 g/mol. The zero-order valence-corrected chi connectivity index (χ0v) is 30.2. The minimum atomic E-state index is -3.68. The lowest BCUT2D eigenvalue weighted by Crippen LogP contribution is -2.25. The Morgan fingerprint density at radius 1 is 0.635 bits per heavy atom. The molecule has 0 aliphatic rings. The van der Waals surface area contributed by atoms with Crippen molar-refractivity contribution >= 4 is 34.5 Å². The maximum Gasteiger partial charge on any atom is 0.338 e. The van der Waals surface area contributed by atoms with E-state index in [4.69, 9.17) is 13.7 Å². The second kappa shape index (κ2) is 22.4. The molecule has 13 heteroatoms. The normalized spacial score (nSPS) is 12.4. The first kappa shape index (κ1) is 41.1. The number of rotatable bonds is 18. The van der Waals surface area contributed by atoms with Gasteiger partial charge in [0.25, 0.3) is 10.1 Å². The average Bonchev–Trinajstić information content (AvgIpc) is 3.16. The highest BCUT2D eigenvalue weighted by molar-refractivity contribution is 7.86. The second-order valence-corrected chi connectivity index (χ2v) is 12.9. The highest BCUT2D eigenvalue weighted by Gasteiger charge is 2.18. The van der Waals surface area contributed by atoms with Crippen molar-refractivity contribution in [2.45, 2.75) is 37.9 Å². The van der Waals surface area contributed by atoms with Crippen molar-refractivity contribution in [2.24, 2.45) is 10.3 Å². The number of benzene rings is 4. The van der Waals surface area contributed by atoms with Gasteiger partial charge in [0.15, 0.2) is 0 Å². The molecule has 4 aromatic rings. The van der Waals surface area contributed by atoms with E-state index in [1.807, 2.05) is 84.9 Å². The van der Waals surface area contributed by atoms with Gasteiger partial charge in [0.05, 0.1) is 23.5 Å². The van der Waals surface area contributed by atoms with Crippen LogP contribution < -0.4 is 0 Å². The maximum absolute atomic E-state index is 12.3. The molecule has 0 spiro atoms. The third-order valence-electron chi connectivity index (χ3n) is 7.18. The van der Waals surface area contributed by atoms with Crippen LogP contribution in [0.3, 0.4) is 0 Å². The summed E-state index contributed by atoms with van der Waals surface area (Å²) >= 11 is 0. The highest BCUT2D eigenvalue weighted by Crippen LogP contribution is 2.21. The van der Waals surface area contributed by atoms with Crippen LogP contribution in [0.25, 0.3) is 22.3 Å². The molecule has 0 unspecified atom stereocenters. The summed E-state index contributed by atoms with van der Waals surface area (Å²) in [5, 5.41) is 16.9. The van der Waals surface area contributed by atoms with Crippen LogP contribution in [0, 0.1) is 0 Å². The van der Waals surface area contributed by atoms with Crippen molar-refractivity contribution in [3.05, 3.63) is 120 Å². The van der Waals surface area contributed by atoms with Gasteiger partial charge in [-0.2, -0.15) is 8.42 Å². The predicted octanol–water partition coefficient (Wildman–Crippen LogP) is 6.55. The summed E-state index contributed by atoms with van der Waals surface area (Å²) in [6.07, 6.45) is 4.21. The molecule has 276 valence electrons. The van der Waals surface area contributed by atoms with E-state index in [9.17, 15) is 23.1 Å². The van der Waals surface area contributed by atoms with Gasteiger partial charge in [-0.1, -0.05) is 95.2 Å². The monoisotopic (exact) mass is 732 g/mol. The molecule has 0 saturated heterocycles. The third-order valence-corrected chi connectivity index (χ3v) is 7.80. The van der Waals surface area contributed by atoms with E-state index in [0.717, 1.165) is 28.5 Å². The molecule has 0 bridgehead atoms. The molecule has 0 amide bonds. The highest BCUT2D eigenvalue weighted by atomic mass is 32.2. The second-order valence-electron chi connectivity index (χ2n) is 11.3. The Hall–Kier alpha value is -5.37. The van der Waals surface area contributed by atoms with Gasteiger partial charge in [0, 0.05) is 12.4 Å². The van der Waals surface area contributed by atoms with E-state index in [-0.39, 0.29) is 13.2 Å². The summed E-state index contributed by atoms with van der Waals surface area (Å²) in [5.41, 5.74) is 4.98. The molecular formula is C39H44N2O10S. The number of esters is 2. The van der Waals surface area contributed by atoms with Crippen LogP contribution in [0.5, 0.6) is 0 Å². The fourth-order valence-corrected chi connectivity index (χ4v) is 5.28. The van der Waals surface area contributed by atoms with Crippen LogP contribution in [-0.2, 0) is 33.5 Å². The number of carbonyl (C=O) groups is 2. The van der Waals surface area contributed by atoms with Gasteiger partial charge < -0.3 is 24.3 Å². The van der Waals surface area contributed by atoms with Crippen LogP contribution in [0.2, 0.25) is 0 Å². The molecule has 0 aliphatic heterocycles. The SMILES string of the molecule is CON=CCC[C@@H](COC(=O)c1ccc(-c2ccccc2)cc1)OS(C)(=O)=O.CON=CCC[C@H](O)COC(=O)c1ccc(-c2ccccc2)cc1. The molecule has 4 aromatic carbocycles. The van der Waals surface area contributed by atoms with Gasteiger partial charge in [0.1, 0.15) is 33.5 Å². The van der Waals surface area contributed by atoms with Crippen molar-refractivity contribution < 1.29 is 46.4 Å². The van der Waals surface area contributed by atoms with Gasteiger partial charge in [-0.3, -0.25) is 4.18 Å². The number of ether oxygens (including phenoxy) is 2. The number of hydrogen-bond acceptors (Lipinski definition) is 12. The maximum atomic E-state index is 12.3. The van der Waals surface area contributed by atoms with Crippen LogP contribution in [-0.4, -0.2) is 83.8 Å². The van der Waals surface area contributed by atoms with Crippen LogP contribution in [0.4, 0.5) is 0 Å². The summed E-state index contributed by atoms with van der Waals surface area (Å²) in [5.74, 6) is -0.994. The first-order chi connectivity index (χ1) is 25.1. The minimum Gasteiger partial charge on any atom is -0.459 e. The number of aliphatic hydroxyl groups is 1. The van der Waals surface area contributed by atoms with Crippen LogP contribution >= 0.6 is 0 Å². The summed E-state index contributed by atoms with van der Waals surface area (Å²) in [6.45, 7) is -0.229. The number of aliphatic hydroxyl groups excluding tert-OH is 1. The molecule has 0 saturated carbocycles. The standard InChI is InChI=1S/C20H23NO6S.C19H21NO4/c1-25-21-14-6-9-19(27-28(2,23)24)15-26-20(22)18-12-10-17(11-13-18)16-7-4-3-5-8-16;1-23-20-13-5-8-18(21)14-24-19(22)17-11-9-16(10-12-17)15-6-3-2-4-7-15/h3-5,7-8,10-14,19H,6,9,15H2,1-2H3;2-4,6-7,9-13,18,21H,5,8,14H2,1H3/t19-;18-/m00/s1. The number of nitrogens with zero attached hydrogens (tertiary/aromatic N) is 2. The first-order valence-corrected chi connectivity index (χ1v) is 18.2. The molecule has 0 radical (unpaired) electrons. The predicted molar refractivity (Wildman–Crippen MR) is 200 cm³/mol. The lowest BCUT2D eigenvalue weighted by atomic mass is 10.0. The lowest BCUT2D eigenvalue weighted by molar-refractivity contribution is 0.0243. The van der Waals surface area contributed by atoms with E-state index in [0.29, 0.717) is 36.8 Å². The molecule has 0 aliphatic carbocycles. The molecule has 0 aromatic heterocycles. The van der Waals surface area contributed by atoms with Gasteiger partial charge in [-0.25, -0.2) is 9.59 Å². The molecule has 4 rings (SSSR count). The van der Waals surface area contributed by atoms with Gasteiger partial charge in [-0.15, -0.1) is 0 Å². The van der Waals surface area contributed by atoms with Crippen molar-refractivity contribution in [1.29, 1.82) is 0 Å². The number of oxime groups is 2. The summed E-state index contributed by atoms with van der Waals surface area (Å²) in [4.78, 5) is 33.3. The fourth-order valence-electron chi connectivity index (χ4n) is 4.64. The number of carbonyl (C=O) groups excluding carboxylic acids is 2. The first-order valence-electron chi connectivity index (χ1n) is 16.4. The molecule has 1 N–H and O–H groups in total. The molecule has 52 heavy (non-hydrogen) atoms. The zero-order chi connectivity index (χ0) is 37.6. The number of hydrogen-bond donors (Lipinski definition) is 1. The Labute approximate surface area is 304 Å². The largest absolute Gasteiger partial charge is 0.459 e. The molecule has 12 nitrogen and oxygen atoms in total. The molecular weight excluding hydrogens is 688 g/mol. The van der Waals surface area contributed by atoms with Crippen molar-refractivity contribution in [3.8, 4) is 22.3 Å². The van der Waals surface area contributed by atoms with E-state index in [2.05, 4.69) is 20.0 Å². The molecule has 0 heterocycles. The smallest absolute Gasteiger partial charge is 0.338 e. The third kappa shape index (κ3) is 15.7. The van der Waals surface area contributed by atoms with Crippen LogP contribution in [0.1, 0.15) is 46.4 Å². The topological polar surface area (TPSA) is 159 Å². The summed E-state index contributed by atoms with van der Waals surface area (Å²) in [7, 11) is -0.817. The van der Waals surface area contributed by atoms with Crippen LogP contribution in [0.15, 0.2) is 120 Å². The zero-order valence-electron chi connectivity index (χ0n) is 29.4. The van der Waals surface area contributed by atoms with E-state index >= 15 is 0 Å². The van der Waals surface area contributed by atoms with Gasteiger partial charge in [-0.05, 0) is 72.2 Å². The Morgan fingerprint density at radius 2 is 1.04 bits per heavy atom. The van der Waals surface area contributed by atoms with Crippen molar-refractivity contribution in [3.63, 3.8) is 0 Å². The van der Waals surface area contributed by atoms with Crippen molar-refractivity contribution in [2.75, 3.05) is 33.7 Å². The Morgan fingerprint density at radius 3 is 1.46 bits per heavy atom. The van der Waals surface area contributed by atoms with E-state index < -0.39 is 34.3 Å². The van der Waals surface area contributed by atoms with E-state index in [1.165, 1.54) is 20.4 Å². The summed E-state index contributed by atoms with van der Waals surface area (Å²) < 4.78 is 38.1. The molecule has 0 fully saturated rings. The lowest BCUT2D eigenvalue weighted by Gasteiger charge is -2.15. The Balaban J connectivity index is 0.000000284. The Kier molecular flexibility index (Phi) is 17.7. The van der Waals surface area contributed by atoms with Gasteiger partial charge >= 0.3 is 11.9 Å². The quantitative estimate of drug-likeness (QED) is 0.0514. The summed E-state index contributed by atoms with van der Waals surface area (Å²) in [6, 6.07) is 33.9. The van der Waals surface area contributed by atoms with Crippen molar-refractivity contribution in [1.82, 2.24) is 0 Å². The fraction of sp³-hybridized carbons (Fsp3) is 0.282. The van der Waals surface area contributed by atoms with Gasteiger partial charge in [0.2, 0.25) is 0 Å².